The molecular weight excluding hydrogens is 492 g/mol. The standard InChI is InChI=1S/C33H50O6/c1-19(29(36)37)10-11-24(39-21(3)34)20(2)22-12-17-33(8)28-23(13-16-32(22,33)7)31(6)15-14-27(35)30(4,5)26(31)18-25(28)38-9/h10,20,22,24-26H,11-18H2,1-9H3,(H,36,37)/t20-,22+,24-,25+,26-,31+,32+,33-/m0/s1. The number of esters is 1. The Bertz CT molecular complexity index is 1100. The average molecular weight is 543 g/mol. The predicted octanol–water partition coefficient (Wildman–Crippen LogP) is 6.92. The lowest BCUT2D eigenvalue weighted by atomic mass is 9.43. The van der Waals surface area contributed by atoms with Gasteiger partial charge in [0, 0.05) is 37.9 Å². The largest absolute Gasteiger partial charge is 0.478 e. The van der Waals surface area contributed by atoms with E-state index < -0.39 is 5.97 Å². The van der Waals surface area contributed by atoms with Gasteiger partial charge in [-0.05, 0) is 85.0 Å². The zero-order valence-electron chi connectivity index (χ0n) is 25.6. The Labute approximate surface area is 235 Å². The molecule has 0 bridgehead atoms. The number of rotatable bonds is 7. The quantitative estimate of drug-likeness (QED) is 0.213. The molecule has 2 fully saturated rings. The molecule has 0 aromatic heterocycles. The summed E-state index contributed by atoms with van der Waals surface area (Å²) >= 11 is 0. The number of ether oxygens (including phenoxy) is 2. The Kier molecular flexibility index (Phi) is 7.81. The number of hydrogen-bond acceptors (Lipinski definition) is 5. The molecule has 39 heavy (non-hydrogen) atoms. The number of hydrogen-bond donors (Lipinski definition) is 1. The van der Waals surface area contributed by atoms with Crippen LogP contribution >= 0.6 is 0 Å². The lowest BCUT2D eigenvalue weighted by Crippen LogP contribution is -2.57. The van der Waals surface area contributed by atoms with E-state index in [1.165, 1.54) is 12.5 Å². The number of ketones is 1. The summed E-state index contributed by atoms with van der Waals surface area (Å²) in [6, 6.07) is 0. The lowest BCUT2D eigenvalue weighted by molar-refractivity contribution is -0.151. The molecular formula is C33H50O6. The third-order valence-electron chi connectivity index (χ3n) is 12.4. The van der Waals surface area contributed by atoms with E-state index in [-0.39, 0.29) is 57.2 Å². The number of aliphatic carboxylic acids is 1. The van der Waals surface area contributed by atoms with Crippen LogP contribution in [0.5, 0.6) is 0 Å². The molecule has 4 rings (SSSR count). The first-order chi connectivity index (χ1) is 18.0. The van der Waals surface area contributed by atoms with E-state index in [1.807, 2.05) is 7.11 Å². The molecule has 6 heteroatoms. The van der Waals surface area contributed by atoms with Gasteiger partial charge in [-0.15, -0.1) is 0 Å². The summed E-state index contributed by atoms with van der Waals surface area (Å²) in [6.45, 7) is 16.8. The molecule has 0 spiro atoms. The van der Waals surface area contributed by atoms with E-state index in [2.05, 4.69) is 41.5 Å². The second kappa shape index (κ2) is 10.2. The average Bonchev–Trinajstić information content (AvgIpc) is 3.14. The molecule has 1 N–H and O–H groups in total. The highest BCUT2D eigenvalue weighted by molar-refractivity contribution is 5.86. The number of carbonyl (C=O) groups is 3. The summed E-state index contributed by atoms with van der Waals surface area (Å²) in [6.07, 6.45) is 8.34. The van der Waals surface area contributed by atoms with Gasteiger partial charge in [0.2, 0.25) is 0 Å². The number of carboxylic acids is 1. The summed E-state index contributed by atoms with van der Waals surface area (Å²) in [5.74, 6) is -0.204. The van der Waals surface area contributed by atoms with Crippen molar-refractivity contribution in [2.45, 2.75) is 119 Å². The molecule has 0 aromatic carbocycles. The molecule has 2 saturated carbocycles. The monoisotopic (exact) mass is 542 g/mol. The van der Waals surface area contributed by atoms with Crippen LogP contribution in [0.3, 0.4) is 0 Å². The van der Waals surface area contributed by atoms with Crippen molar-refractivity contribution in [1.82, 2.24) is 0 Å². The van der Waals surface area contributed by atoms with Crippen molar-refractivity contribution in [3.8, 4) is 0 Å². The van der Waals surface area contributed by atoms with Crippen molar-refractivity contribution >= 4 is 17.7 Å². The molecule has 0 saturated heterocycles. The number of carboxylic acid groups (broad SMARTS) is 1. The lowest BCUT2D eigenvalue weighted by Gasteiger charge is -2.62. The molecule has 0 aromatic rings. The SMILES string of the molecule is CO[C@@H]1C[C@H]2C(C)(C)C(=O)CC[C@]2(C)C2=C1[C@]1(C)CC[C@H]([C@H](C)[C@H](CC=C(C)C(=O)O)OC(C)=O)[C@@]1(C)CC2. The van der Waals surface area contributed by atoms with Gasteiger partial charge in [0.1, 0.15) is 11.9 Å². The van der Waals surface area contributed by atoms with E-state index in [0.717, 1.165) is 38.5 Å². The number of Topliss-reactive ketones (excluding diaryl/α,β-unsaturated/α-hetero) is 1. The first kappa shape index (κ1) is 30.0. The zero-order chi connectivity index (χ0) is 29.1. The highest BCUT2D eigenvalue weighted by atomic mass is 16.5. The van der Waals surface area contributed by atoms with Crippen molar-refractivity contribution < 1.29 is 29.0 Å². The van der Waals surface area contributed by atoms with Crippen LogP contribution in [-0.2, 0) is 23.9 Å². The van der Waals surface area contributed by atoms with E-state index in [4.69, 9.17) is 9.47 Å². The van der Waals surface area contributed by atoms with Crippen LogP contribution in [0.15, 0.2) is 22.8 Å². The summed E-state index contributed by atoms with van der Waals surface area (Å²) in [5, 5.41) is 9.35. The number of fused-ring (bicyclic) bond motifs is 4. The summed E-state index contributed by atoms with van der Waals surface area (Å²) in [7, 11) is 1.83. The molecule has 0 radical (unpaired) electrons. The first-order valence-corrected chi connectivity index (χ1v) is 14.9. The Morgan fingerprint density at radius 2 is 1.74 bits per heavy atom. The number of carbonyl (C=O) groups excluding carboxylic acids is 2. The van der Waals surface area contributed by atoms with Gasteiger partial charge in [0.05, 0.1) is 6.10 Å². The molecule has 0 unspecified atom stereocenters. The van der Waals surface area contributed by atoms with Gasteiger partial charge in [-0.2, -0.15) is 0 Å². The topological polar surface area (TPSA) is 89.9 Å². The summed E-state index contributed by atoms with van der Waals surface area (Å²) < 4.78 is 12.1. The highest BCUT2D eigenvalue weighted by Crippen LogP contribution is 2.72. The van der Waals surface area contributed by atoms with Crippen molar-refractivity contribution in [3.63, 3.8) is 0 Å². The molecule has 4 aliphatic rings. The molecule has 8 atom stereocenters. The highest BCUT2D eigenvalue weighted by Gasteiger charge is 2.65. The molecule has 0 amide bonds. The third kappa shape index (κ3) is 4.53. The number of allylic oxidation sites excluding steroid dienone is 1. The van der Waals surface area contributed by atoms with Crippen LogP contribution in [0.25, 0.3) is 0 Å². The van der Waals surface area contributed by atoms with Crippen molar-refractivity contribution in [1.29, 1.82) is 0 Å². The van der Waals surface area contributed by atoms with Crippen molar-refractivity contribution in [2.24, 2.45) is 39.4 Å². The van der Waals surface area contributed by atoms with Gasteiger partial charge in [-0.1, -0.05) is 53.2 Å². The van der Waals surface area contributed by atoms with E-state index in [1.54, 1.807) is 18.6 Å². The minimum atomic E-state index is -0.946. The maximum absolute atomic E-state index is 13.0. The first-order valence-electron chi connectivity index (χ1n) is 14.9. The van der Waals surface area contributed by atoms with Gasteiger partial charge in [0.25, 0.3) is 0 Å². The fourth-order valence-corrected chi connectivity index (χ4v) is 9.74. The Morgan fingerprint density at radius 3 is 2.33 bits per heavy atom. The normalized spacial score (nSPS) is 39.4. The fraction of sp³-hybridized carbons (Fsp3) is 0.788. The van der Waals surface area contributed by atoms with Gasteiger partial charge < -0.3 is 14.6 Å². The Hall–Kier alpha value is -1.95. The van der Waals surface area contributed by atoms with Crippen LogP contribution in [0.2, 0.25) is 0 Å². The molecule has 0 aliphatic heterocycles. The third-order valence-corrected chi connectivity index (χ3v) is 12.4. The predicted molar refractivity (Wildman–Crippen MR) is 151 cm³/mol. The smallest absolute Gasteiger partial charge is 0.330 e. The maximum Gasteiger partial charge on any atom is 0.330 e. The molecule has 218 valence electrons. The minimum absolute atomic E-state index is 0.00478. The van der Waals surface area contributed by atoms with Gasteiger partial charge in [-0.25, -0.2) is 4.79 Å². The van der Waals surface area contributed by atoms with Gasteiger partial charge >= 0.3 is 11.9 Å². The molecule has 6 nitrogen and oxygen atoms in total. The molecule has 4 aliphatic carbocycles. The Morgan fingerprint density at radius 1 is 1.08 bits per heavy atom. The van der Waals surface area contributed by atoms with Crippen LogP contribution < -0.4 is 0 Å². The minimum Gasteiger partial charge on any atom is -0.478 e. The second-order valence-electron chi connectivity index (χ2n) is 14.3. The van der Waals surface area contributed by atoms with Crippen LogP contribution in [0, 0.1) is 39.4 Å². The molecule has 0 heterocycles. The van der Waals surface area contributed by atoms with Crippen LogP contribution in [0.4, 0.5) is 0 Å². The van der Waals surface area contributed by atoms with Crippen molar-refractivity contribution in [2.75, 3.05) is 7.11 Å². The van der Waals surface area contributed by atoms with Gasteiger partial charge in [-0.3, -0.25) is 9.59 Å². The zero-order valence-corrected chi connectivity index (χ0v) is 25.6. The van der Waals surface area contributed by atoms with Crippen LogP contribution in [-0.4, -0.2) is 42.1 Å². The number of methoxy groups -OCH3 is 1. The van der Waals surface area contributed by atoms with E-state index in [9.17, 15) is 19.5 Å². The Balaban J connectivity index is 1.73. The maximum atomic E-state index is 13.0. The van der Waals surface area contributed by atoms with Gasteiger partial charge in [0.15, 0.2) is 0 Å². The van der Waals surface area contributed by atoms with E-state index >= 15 is 0 Å². The van der Waals surface area contributed by atoms with Crippen molar-refractivity contribution in [3.05, 3.63) is 22.8 Å². The fourth-order valence-electron chi connectivity index (χ4n) is 9.74. The summed E-state index contributed by atoms with van der Waals surface area (Å²) in [4.78, 5) is 36.5. The summed E-state index contributed by atoms with van der Waals surface area (Å²) in [5.41, 5.74) is 2.92. The van der Waals surface area contributed by atoms with E-state index in [0.29, 0.717) is 24.5 Å². The second-order valence-corrected chi connectivity index (χ2v) is 14.3. The van der Waals surface area contributed by atoms with Crippen LogP contribution in [0.1, 0.15) is 107 Å².